The third-order valence-corrected chi connectivity index (χ3v) is 3.42. The highest BCUT2D eigenvalue weighted by Crippen LogP contribution is 2.25. The Bertz CT molecular complexity index is 441. The largest absolute Gasteiger partial charge is 0.523 e. The van der Waals surface area contributed by atoms with Crippen LogP contribution in [0.4, 0.5) is 26.3 Å². The standard InChI is InChI=1S/C5H6F6O6S2/c6-4(7,8)18(12,13)16-2-1-3-17-19(14,15)5(9,10)11/h1-3H2. The van der Waals surface area contributed by atoms with Crippen molar-refractivity contribution < 1.29 is 51.5 Å². The first kappa shape index (κ1) is 18.4. The fourth-order valence-electron chi connectivity index (χ4n) is 0.530. The van der Waals surface area contributed by atoms with Crippen LogP contribution in [0.2, 0.25) is 0 Å². The fourth-order valence-corrected chi connectivity index (χ4v) is 1.47. The summed E-state index contributed by atoms with van der Waals surface area (Å²) >= 11 is 0. The minimum Gasteiger partial charge on any atom is -0.263 e. The fraction of sp³-hybridized carbons (Fsp3) is 1.00. The Labute approximate surface area is 103 Å². The van der Waals surface area contributed by atoms with Crippen LogP contribution in [0.5, 0.6) is 0 Å². The van der Waals surface area contributed by atoms with Crippen molar-refractivity contribution in [1.82, 2.24) is 0 Å². The van der Waals surface area contributed by atoms with E-state index in [0.717, 1.165) is 0 Å². The molecule has 116 valence electrons. The first-order chi connectivity index (χ1) is 8.21. The lowest BCUT2D eigenvalue weighted by Crippen LogP contribution is -2.27. The summed E-state index contributed by atoms with van der Waals surface area (Å²) in [5.41, 5.74) is -11.3. The van der Waals surface area contributed by atoms with Gasteiger partial charge in [0.2, 0.25) is 0 Å². The first-order valence-corrected chi connectivity index (χ1v) is 6.94. The molecule has 0 unspecified atom stereocenters. The second-order valence-corrected chi connectivity index (χ2v) is 6.01. The second kappa shape index (κ2) is 5.80. The molecule has 0 aromatic carbocycles. The smallest absolute Gasteiger partial charge is 0.263 e. The third kappa shape index (κ3) is 5.50. The minimum absolute atomic E-state index is 0.815. The van der Waals surface area contributed by atoms with Crippen LogP contribution in [0.3, 0.4) is 0 Å². The van der Waals surface area contributed by atoms with E-state index < -0.39 is 50.9 Å². The lowest BCUT2D eigenvalue weighted by atomic mass is 10.5. The van der Waals surface area contributed by atoms with Gasteiger partial charge in [-0.3, -0.25) is 8.37 Å². The van der Waals surface area contributed by atoms with Crippen LogP contribution in [-0.2, 0) is 28.6 Å². The van der Waals surface area contributed by atoms with E-state index in [1.165, 1.54) is 0 Å². The number of hydrogen-bond acceptors (Lipinski definition) is 6. The number of alkyl halides is 6. The average molecular weight is 340 g/mol. The maximum absolute atomic E-state index is 11.7. The molecule has 19 heavy (non-hydrogen) atoms. The molecule has 0 spiro atoms. The van der Waals surface area contributed by atoms with Crippen LogP contribution in [0.25, 0.3) is 0 Å². The SMILES string of the molecule is O=S(=O)(OCCCOS(=O)(=O)C(F)(F)F)C(F)(F)F. The Morgan fingerprint density at radius 2 is 0.947 bits per heavy atom. The summed E-state index contributed by atoms with van der Waals surface area (Å²) in [5, 5.41) is 0. The molecule has 14 heteroatoms. The van der Waals surface area contributed by atoms with Gasteiger partial charge in [0.05, 0.1) is 13.2 Å². The highest BCUT2D eigenvalue weighted by atomic mass is 32.2. The molecule has 0 aliphatic carbocycles. The van der Waals surface area contributed by atoms with E-state index in [0.29, 0.717) is 0 Å². The van der Waals surface area contributed by atoms with Gasteiger partial charge in [0.1, 0.15) is 0 Å². The van der Waals surface area contributed by atoms with Crippen LogP contribution < -0.4 is 0 Å². The highest BCUT2D eigenvalue weighted by molar-refractivity contribution is 7.87. The van der Waals surface area contributed by atoms with Crippen molar-refractivity contribution >= 4 is 20.2 Å². The predicted octanol–water partition coefficient (Wildman–Crippen LogP) is 1.11. The lowest BCUT2D eigenvalue weighted by molar-refractivity contribution is -0.0556. The van der Waals surface area contributed by atoms with Gasteiger partial charge in [0.15, 0.2) is 0 Å². The van der Waals surface area contributed by atoms with Crippen LogP contribution >= 0.6 is 0 Å². The maximum atomic E-state index is 11.7. The van der Waals surface area contributed by atoms with Gasteiger partial charge in [-0.1, -0.05) is 0 Å². The molecule has 0 heterocycles. The van der Waals surface area contributed by atoms with Crippen molar-refractivity contribution in [2.75, 3.05) is 13.2 Å². The first-order valence-electron chi connectivity index (χ1n) is 4.12. The summed E-state index contributed by atoms with van der Waals surface area (Å²) in [6, 6.07) is 0. The van der Waals surface area contributed by atoms with Crippen molar-refractivity contribution in [3.05, 3.63) is 0 Å². The minimum atomic E-state index is -5.87. The van der Waals surface area contributed by atoms with Gasteiger partial charge in [-0.15, -0.1) is 0 Å². The predicted molar refractivity (Wildman–Crippen MR) is 46.5 cm³/mol. The Morgan fingerprint density at radius 1 is 0.684 bits per heavy atom. The van der Waals surface area contributed by atoms with Crippen LogP contribution in [0, 0.1) is 0 Å². The molecule has 0 rings (SSSR count). The third-order valence-electron chi connectivity index (χ3n) is 1.33. The summed E-state index contributed by atoms with van der Waals surface area (Å²) in [4.78, 5) is 0. The van der Waals surface area contributed by atoms with E-state index in [-0.39, 0.29) is 0 Å². The molecular formula is C5H6F6O6S2. The zero-order valence-corrected chi connectivity index (χ0v) is 10.3. The molecule has 0 bridgehead atoms. The molecule has 0 N–H and O–H groups in total. The number of halogens is 6. The van der Waals surface area contributed by atoms with E-state index in [1.807, 2.05) is 0 Å². The molecule has 0 radical (unpaired) electrons. The highest BCUT2D eigenvalue weighted by Gasteiger charge is 2.48. The van der Waals surface area contributed by atoms with Gasteiger partial charge in [-0.2, -0.15) is 43.2 Å². The molecule has 0 aliphatic heterocycles. The van der Waals surface area contributed by atoms with Crippen LogP contribution in [-0.4, -0.2) is 41.1 Å². The summed E-state index contributed by atoms with van der Waals surface area (Å²) in [7, 11) is -11.7. The molecule has 0 amide bonds. The Morgan fingerprint density at radius 3 is 1.16 bits per heavy atom. The molecule has 0 saturated carbocycles. The molecule has 0 atom stereocenters. The van der Waals surface area contributed by atoms with Gasteiger partial charge in [-0.05, 0) is 6.42 Å². The number of rotatable bonds is 6. The van der Waals surface area contributed by atoms with Crippen LogP contribution in [0.1, 0.15) is 6.42 Å². The molecular weight excluding hydrogens is 334 g/mol. The monoisotopic (exact) mass is 340 g/mol. The molecule has 0 aromatic heterocycles. The average Bonchev–Trinajstić information content (AvgIpc) is 2.12. The normalized spacial score (nSPS) is 14.6. The Kier molecular flexibility index (Phi) is 5.62. The van der Waals surface area contributed by atoms with Gasteiger partial charge < -0.3 is 0 Å². The summed E-state index contributed by atoms with van der Waals surface area (Å²) in [6.07, 6.45) is -0.815. The molecule has 0 aromatic rings. The van der Waals surface area contributed by atoms with E-state index in [4.69, 9.17) is 0 Å². The molecule has 0 aliphatic rings. The molecule has 6 nitrogen and oxygen atoms in total. The summed E-state index contributed by atoms with van der Waals surface area (Å²) in [5.74, 6) is 0. The molecule has 0 fully saturated rings. The Balaban J connectivity index is 4.18. The van der Waals surface area contributed by atoms with Gasteiger partial charge in [-0.25, -0.2) is 0 Å². The van der Waals surface area contributed by atoms with E-state index in [2.05, 4.69) is 8.37 Å². The second-order valence-electron chi connectivity index (χ2n) is 2.80. The quantitative estimate of drug-likeness (QED) is 0.312. The van der Waals surface area contributed by atoms with Crippen molar-refractivity contribution in [2.45, 2.75) is 17.4 Å². The van der Waals surface area contributed by atoms with Crippen molar-refractivity contribution in [3.8, 4) is 0 Å². The van der Waals surface area contributed by atoms with Gasteiger partial charge >= 0.3 is 31.3 Å². The van der Waals surface area contributed by atoms with Crippen molar-refractivity contribution in [3.63, 3.8) is 0 Å². The van der Waals surface area contributed by atoms with Gasteiger partial charge in [0, 0.05) is 0 Å². The maximum Gasteiger partial charge on any atom is 0.523 e. The van der Waals surface area contributed by atoms with Crippen LogP contribution in [0.15, 0.2) is 0 Å². The van der Waals surface area contributed by atoms with Crippen molar-refractivity contribution in [1.29, 1.82) is 0 Å². The zero-order valence-electron chi connectivity index (χ0n) is 8.66. The lowest BCUT2D eigenvalue weighted by Gasteiger charge is -2.09. The van der Waals surface area contributed by atoms with Crippen molar-refractivity contribution in [2.24, 2.45) is 0 Å². The topological polar surface area (TPSA) is 86.7 Å². The van der Waals surface area contributed by atoms with E-state index >= 15 is 0 Å². The van der Waals surface area contributed by atoms with Gasteiger partial charge in [0.25, 0.3) is 0 Å². The zero-order chi connectivity index (χ0) is 15.5. The van der Waals surface area contributed by atoms with E-state index in [1.54, 1.807) is 0 Å². The number of hydrogen-bond donors (Lipinski definition) is 0. The summed E-state index contributed by atoms with van der Waals surface area (Å²) < 4.78 is 118. The molecule has 0 saturated heterocycles. The summed E-state index contributed by atoms with van der Waals surface area (Å²) in [6.45, 7) is -2.37. The van der Waals surface area contributed by atoms with E-state index in [9.17, 15) is 43.2 Å². The Hall–Kier alpha value is -0.600.